The Morgan fingerprint density at radius 1 is 0.591 bits per heavy atom. The molecule has 0 aliphatic rings. The third-order valence-electron chi connectivity index (χ3n) is 9.25. The van der Waals surface area contributed by atoms with Gasteiger partial charge in [-0.1, -0.05) is 133 Å². The highest BCUT2D eigenvalue weighted by Gasteiger charge is 2.14. The summed E-state index contributed by atoms with van der Waals surface area (Å²) in [5.41, 5.74) is 1.22. The largest absolute Gasteiger partial charge is 0.378 e. The van der Waals surface area contributed by atoms with Crippen LogP contribution in [-0.4, -0.2) is 25.4 Å². The molecule has 2 nitrogen and oxygen atoms in total. The number of hydrogen-bond acceptors (Lipinski definition) is 2. The number of allylic oxidation sites excluding steroid dienone is 8. The molecule has 2 heteroatoms. The van der Waals surface area contributed by atoms with E-state index in [-0.39, 0.29) is 11.2 Å². The molecule has 256 valence electrons. The van der Waals surface area contributed by atoms with E-state index in [1.54, 1.807) is 14.2 Å². The number of ether oxygens (including phenoxy) is 2. The summed E-state index contributed by atoms with van der Waals surface area (Å²) in [6.45, 7) is 22.7. The van der Waals surface area contributed by atoms with Crippen molar-refractivity contribution in [3.63, 3.8) is 0 Å². The van der Waals surface area contributed by atoms with Gasteiger partial charge in [-0.3, -0.25) is 0 Å². The second-order valence-corrected chi connectivity index (χ2v) is 15.4. The fourth-order valence-corrected chi connectivity index (χ4v) is 5.31. The Labute approximate surface area is 276 Å². The lowest BCUT2D eigenvalue weighted by atomic mass is 9.92. The Hall–Kier alpha value is -1.38. The molecule has 5 unspecified atom stereocenters. The van der Waals surface area contributed by atoms with Crippen molar-refractivity contribution in [2.24, 2.45) is 29.6 Å². The highest BCUT2D eigenvalue weighted by Crippen LogP contribution is 2.22. The maximum atomic E-state index is 5.49. The van der Waals surface area contributed by atoms with Gasteiger partial charge in [0.25, 0.3) is 0 Å². The second-order valence-electron chi connectivity index (χ2n) is 15.4. The molecule has 0 aliphatic heterocycles. The quantitative estimate of drug-likeness (QED) is 0.0549. The van der Waals surface area contributed by atoms with Gasteiger partial charge in [0.15, 0.2) is 0 Å². The first-order chi connectivity index (χ1) is 20.7. The minimum absolute atomic E-state index is 0.0738. The molecule has 0 aliphatic carbocycles. The molecule has 0 saturated heterocycles. The first kappa shape index (κ1) is 42.6. The summed E-state index contributed by atoms with van der Waals surface area (Å²) in [7, 11) is 3.57. The zero-order chi connectivity index (χ0) is 33.4. The minimum atomic E-state index is -0.0752. The second kappa shape index (κ2) is 24.8. The summed E-state index contributed by atoms with van der Waals surface area (Å²) in [6.07, 6.45) is 37.3. The molecule has 0 radical (unpaired) electrons. The van der Waals surface area contributed by atoms with E-state index in [1.807, 2.05) is 0 Å². The van der Waals surface area contributed by atoms with Crippen LogP contribution < -0.4 is 0 Å². The molecule has 0 bridgehead atoms. The molecule has 0 aromatic carbocycles. The Kier molecular flexibility index (Phi) is 24.0. The first-order valence-corrected chi connectivity index (χ1v) is 18.1. The van der Waals surface area contributed by atoms with Crippen LogP contribution in [-0.2, 0) is 9.47 Å². The standard InChI is InChI=1S/C42H76O2/c1-35(23-15-25-37(3)27-17-29-39(5)31-19-33-41(7,8)43-11)21-13-14-22-36(2)24-16-26-38(4)28-18-30-40(6)32-20-34-42(9,10)44-12/h15,17,19-20,23,29-32,35-39H,13-14,16,18,21-22,24-28,33-34H2,1-12H3/b23-15+,29-17+,31-19+,32-20+,40-30+. The summed E-state index contributed by atoms with van der Waals surface area (Å²) < 4.78 is 11.0. The average molecular weight is 613 g/mol. The Morgan fingerprint density at radius 3 is 1.70 bits per heavy atom. The van der Waals surface area contributed by atoms with Crippen molar-refractivity contribution in [1.29, 1.82) is 0 Å². The van der Waals surface area contributed by atoms with Crippen molar-refractivity contribution in [3.05, 3.63) is 60.3 Å². The van der Waals surface area contributed by atoms with Crippen LogP contribution in [0.1, 0.15) is 153 Å². The van der Waals surface area contributed by atoms with Crippen molar-refractivity contribution in [1.82, 2.24) is 0 Å². The fourth-order valence-electron chi connectivity index (χ4n) is 5.31. The molecule has 0 rings (SSSR count). The highest BCUT2D eigenvalue weighted by atomic mass is 16.5. The summed E-state index contributed by atoms with van der Waals surface area (Å²) in [4.78, 5) is 0. The third-order valence-corrected chi connectivity index (χ3v) is 9.25. The van der Waals surface area contributed by atoms with Crippen LogP contribution in [0.25, 0.3) is 0 Å². The third kappa shape index (κ3) is 25.9. The van der Waals surface area contributed by atoms with Crippen LogP contribution in [0.4, 0.5) is 0 Å². The van der Waals surface area contributed by atoms with Crippen LogP contribution >= 0.6 is 0 Å². The molecule has 0 amide bonds. The van der Waals surface area contributed by atoms with Gasteiger partial charge in [-0.25, -0.2) is 0 Å². The van der Waals surface area contributed by atoms with Gasteiger partial charge in [0.2, 0.25) is 0 Å². The van der Waals surface area contributed by atoms with Gasteiger partial charge in [-0.15, -0.1) is 0 Å². The molecule has 0 aromatic rings. The minimum Gasteiger partial charge on any atom is -0.378 e. The SMILES string of the molecule is COC(C)(C)C/C=C/C(C)=C/CCC(C)CCCC(C)CCCCC(C)/C=C/CC(C)C/C=C/C(C)/C=C/CC(C)(C)OC. The lowest BCUT2D eigenvalue weighted by Crippen LogP contribution is -2.20. The predicted octanol–water partition coefficient (Wildman–Crippen LogP) is 13.3. The van der Waals surface area contributed by atoms with E-state index in [0.717, 1.165) is 31.1 Å². The van der Waals surface area contributed by atoms with Crippen LogP contribution in [0.2, 0.25) is 0 Å². The molecule has 0 aromatic heterocycles. The average Bonchev–Trinajstić information content (AvgIpc) is 2.95. The Morgan fingerprint density at radius 2 is 1.09 bits per heavy atom. The van der Waals surface area contributed by atoms with Crippen molar-refractivity contribution in [2.45, 2.75) is 164 Å². The predicted molar refractivity (Wildman–Crippen MR) is 198 cm³/mol. The smallest absolute Gasteiger partial charge is 0.0657 e. The summed E-state index contributed by atoms with van der Waals surface area (Å²) in [5.74, 6) is 3.55. The van der Waals surface area contributed by atoms with Crippen LogP contribution in [0.3, 0.4) is 0 Å². The normalized spacial score (nSPS) is 17.3. The van der Waals surface area contributed by atoms with Crippen molar-refractivity contribution >= 4 is 0 Å². The number of hydrogen-bond donors (Lipinski definition) is 0. The van der Waals surface area contributed by atoms with E-state index in [9.17, 15) is 0 Å². The molecule has 44 heavy (non-hydrogen) atoms. The van der Waals surface area contributed by atoms with Gasteiger partial charge in [0.05, 0.1) is 11.2 Å². The molecule has 5 atom stereocenters. The van der Waals surface area contributed by atoms with Crippen LogP contribution in [0.5, 0.6) is 0 Å². The fraction of sp³-hybridized carbons (Fsp3) is 0.762. The van der Waals surface area contributed by atoms with Crippen molar-refractivity contribution < 1.29 is 9.47 Å². The topological polar surface area (TPSA) is 18.5 Å². The maximum absolute atomic E-state index is 5.49. The summed E-state index contributed by atoms with van der Waals surface area (Å²) >= 11 is 0. The van der Waals surface area contributed by atoms with Crippen LogP contribution in [0, 0.1) is 29.6 Å². The van der Waals surface area contributed by atoms with E-state index >= 15 is 0 Å². The number of methoxy groups -OCH3 is 2. The lowest BCUT2D eigenvalue weighted by Gasteiger charge is -2.20. The van der Waals surface area contributed by atoms with Gasteiger partial charge in [0, 0.05) is 14.2 Å². The van der Waals surface area contributed by atoms with E-state index in [2.05, 4.69) is 124 Å². The summed E-state index contributed by atoms with van der Waals surface area (Å²) in [6, 6.07) is 0. The van der Waals surface area contributed by atoms with Crippen molar-refractivity contribution in [2.75, 3.05) is 14.2 Å². The van der Waals surface area contributed by atoms with E-state index in [4.69, 9.17) is 9.47 Å². The highest BCUT2D eigenvalue weighted by molar-refractivity contribution is 5.16. The zero-order valence-electron chi connectivity index (χ0n) is 31.6. The van der Waals surface area contributed by atoms with Gasteiger partial charge in [0.1, 0.15) is 0 Å². The Balaban J connectivity index is 3.98. The van der Waals surface area contributed by atoms with Gasteiger partial charge >= 0.3 is 0 Å². The van der Waals surface area contributed by atoms with E-state index in [0.29, 0.717) is 17.8 Å². The monoisotopic (exact) mass is 613 g/mol. The summed E-state index contributed by atoms with van der Waals surface area (Å²) in [5, 5.41) is 0. The molecule has 0 spiro atoms. The maximum Gasteiger partial charge on any atom is 0.0657 e. The number of unbranched alkanes of at least 4 members (excludes halogenated alkanes) is 1. The molecule has 0 fully saturated rings. The van der Waals surface area contributed by atoms with Crippen LogP contribution in [0.15, 0.2) is 60.3 Å². The zero-order valence-corrected chi connectivity index (χ0v) is 31.6. The number of rotatable bonds is 26. The molecular weight excluding hydrogens is 536 g/mol. The van der Waals surface area contributed by atoms with E-state index in [1.165, 1.54) is 69.8 Å². The first-order valence-electron chi connectivity index (χ1n) is 18.1. The van der Waals surface area contributed by atoms with Gasteiger partial charge < -0.3 is 9.47 Å². The van der Waals surface area contributed by atoms with Gasteiger partial charge in [-0.05, 0) is 109 Å². The molecule has 0 N–H and O–H groups in total. The van der Waals surface area contributed by atoms with Gasteiger partial charge in [-0.2, -0.15) is 0 Å². The molecular formula is C42H76O2. The van der Waals surface area contributed by atoms with E-state index < -0.39 is 0 Å². The molecule has 0 heterocycles. The van der Waals surface area contributed by atoms with Crippen molar-refractivity contribution in [3.8, 4) is 0 Å². The Bertz CT molecular complexity index is 840. The molecule has 0 saturated carbocycles. The lowest BCUT2D eigenvalue weighted by molar-refractivity contribution is 0.0252.